The Morgan fingerprint density at radius 1 is 1.56 bits per heavy atom. The number of aromatic carboxylic acids is 1. The zero-order valence-corrected chi connectivity index (χ0v) is 9.76. The minimum atomic E-state index is -1.16. The lowest BCUT2D eigenvalue weighted by Crippen LogP contribution is -2.33. The lowest BCUT2D eigenvalue weighted by Gasteiger charge is -2.11. The van der Waals surface area contributed by atoms with Crippen LogP contribution in [0, 0.1) is 0 Å². The maximum absolute atomic E-state index is 11.8. The summed E-state index contributed by atoms with van der Waals surface area (Å²) in [5.74, 6) is -1.64. The van der Waals surface area contributed by atoms with Gasteiger partial charge in [0, 0.05) is 19.3 Å². The van der Waals surface area contributed by atoms with Gasteiger partial charge in [0.25, 0.3) is 5.91 Å². The van der Waals surface area contributed by atoms with Crippen LogP contribution in [0.4, 0.5) is 0 Å². The van der Waals surface area contributed by atoms with E-state index in [-0.39, 0.29) is 17.4 Å². The van der Waals surface area contributed by atoms with E-state index in [0.717, 1.165) is 12.8 Å². The van der Waals surface area contributed by atoms with Gasteiger partial charge in [-0.3, -0.25) is 9.78 Å². The van der Waals surface area contributed by atoms with Crippen LogP contribution in [0.2, 0.25) is 0 Å². The highest BCUT2D eigenvalue weighted by atomic mass is 16.5. The van der Waals surface area contributed by atoms with Crippen LogP contribution in [0.1, 0.15) is 33.7 Å². The van der Waals surface area contributed by atoms with Gasteiger partial charge in [0.15, 0.2) is 0 Å². The molecule has 96 valence electrons. The molecule has 1 aliphatic heterocycles. The molecule has 1 amide bonds. The summed E-state index contributed by atoms with van der Waals surface area (Å²) < 4.78 is 5.37. The summed E-state index contributed by atoms with van der Waals surface area (Å²) in [6.07, 6.45) is 3.32. The van der Waals surface area contributed by atoms with Crippen LogP contribution in [0.5, 0.6) is 0 Å². The largest absolute Gasteiger partial charge is 0.478 e. The predicted molar refractivity (Wildman–Crippen MR) is 62.5 cm³/mol. The summed E-state index contributed by atoms with van der Waals surface area (Å²) in [5, 5.41) is 11.6. The molecular formula is C12H14N2O4. The van der Waals surface area contributed by atoms with Crippen molar-refractivity contribution in [1.29, 1.82) is 0 Å². The lowest BCUT2D eigenvalue weighted by atomic mass is 10.2. The fraction of sp³-hybridized carbons (Fsp3) is 0.417. The summed E-state index contributed by atoms with van der Waals surface area (Å²) in [6, 6.07) is 2.84. The van der Waals surface area contributed by atoms with Crippen molar-refractivity contribution in [3.63, 3.8) is 0 Å². The molecule has 0 radical (unpaired) electrons. The molecule has 2 heterocycles. The first-order valence-corrected chi connectivity index (χ1v) is 5.76. The van der Waals surface area contributed by atoms with Crippen molar-refractivity contribution in [2.75, 3.05) is 13.2 Å². The van der Waals surface area contributed by atoms with Gasteiger partial charge in [0.05, 0.1) is 11.7 Å². The van der Waals surface area contributed by atoms with Gasteiger partial charge >= 0.3 is 5.97 Å². The van der Waals surface area contributed by atoms with E-state index in [1.165, 1.54) is 18.3 Å². The molecule has 1 unspecified atom stereocenters. The van der Waals surface area contributed by atoms with Gasteiger partial charge < -0.3 is 15.2 Å². The van der Waals surface area contributed by atoms with E-state index in [1.54, 1.807) is 0 Å². The average molecular weight is 250 g/mol. The molecule has 2 N–H and O–H groups in total. The van der Waals surface area contributed by atoms with E-state index in [4.69, 9.17) is 9.84 Å². The number of carboxylic acids is 1. The summed E-state index contributed by atoms with van der Waals surface area (Å²) >= 11 is 0. The molecule has 2 rings (SSSR count). The molecule has 6 heteroatoms. The van der Waals surface area contributed by atoms with Gasteiger partial charge in [-0.25, -0.2) is 4.79 Å². The topological polar surface area (TPSA) is 88.5 Å². The first-order valence-electron chi connectivity index (χ1n) is 5.76. The van der Waals surface area contributed by atoms with Crippen molar-refractivity contribution in [3.8, 4) is 0 Å². The molecule has 1 aromatic rings. The molecule has 0 aliphatic carbocycles. The monoisotopic (exact) mass is 250 g/mol. The first kappa shape index (κ1) is 12.5. The smallest absolute Gasteiger partial charge is 0.338 e. The maximum Gasteiger partial charge on any atom is 0.338 e. The quantitative estimate of drug-likeness (QED) is 0.820. The first-order chi connectivity index (χ1) is 8.68. The van der Waals surface area contributed by atoms with E-state index < -0.39 is 11.9 Å². The van der Waals surface area contributed by atoms with Crippen molar-refractivity contribution in [3.05, 3.63) is 29.6 Å². The molecular weight excluding hydrogens is 236 g/mol. The highest BCUT2D eigenvalue weighted by molar-refractivity contribution is 6.03. The molecule has 6 nitrogen and oxygen atoms in total. The number of carbonyl (C=O) groups is 2. The molecule has 18 heavy (non-hydrogen) atoms. The van der Waals surface area contributed by atoms with Gasteiger partial charge in [-0.15, -0.1) is 0 Å². The second kappa shape index (κ2) is 5.59. The zero-order chi connectivity index (χ0) is 13.0. The number of carboxylic acid groups (broad SMARTS) is 1. The van der Waals surface area contributed by atoms with Gasteiger partial charge in [-0.2, -0.15) is 0 Å². The molecule has 0 aromatic carbocycles. The highest BCUT2D eigenvalue weighted by Gasteiger charge is 2.20. The molecule has 1 aliphatic rings. The molecule has 1 atom stereocenters. The molecule has 1 fully saturated rings. The van der Waals surface area contributed by atoms with Crippen LogP contribution in [0.25, 0.3) is 0 Å². The molecule has 0 bridgehead atoms. The van der Waals surface area contributed by atoms with Crippen LogP contribution in [-0.2, 0) is 4.74 Å². The number of rotatable bonds is 4. The third-order valence-corrected chi connectivity index (χ3v) is 2.77. The van der Waals surface area contributed by atoms with Gasteiger partial charge in [0.2, 0.25) is 0 Å². The number of amides is 1. The molecule has 1 saturated heterocycles. The average Bonchev–Trinajstić information content (AvgIpc) is 2.89. The highest BCUT2D eigenvalue weighted by Crippen LogP contribution is 2.11. The van der Waals surface area contributed by atoms with Gasteiger partial charge in [-0.1, -0.05) is 0 Å². The minimum Gasteiger partial charge on any atom is -0.478 e. The standard InChI is InChI=1S/C12H14N2O4/c15-11(14-7-8-3-2-6-18-8)10-9(12(16)17)4-1-5-13-10/h1,4-5,8H,2-3,6-7H2,(H,14,15)(H,16,17). The Bertz CT molecular complexity index is 455. The van der Waals surface area contributed by atoms with E-state index in [1.807, 2.05) is 0 Å². The molecule has 0 spiro atoms. The van der Waals surface area contributed by atoms with E-state index >= 15 is 0 Å². The third kappa shape index (κ3) is 2.84. The van der Waals surface area contributed by atoms with Crippen molar-refractivity contribution in [1.82, 2.24) is 10.3 Å². The van der Waals surface area contributed by atoms with E-state index in [9.17, 15) is 9.59 Å². The fourth-order valence-electron chi connectivity index (χ4n) is 1.85. The van der Waals surface area contributed by atoms with Crippen molar-refractivity contribution >= 4 is 11.9 Å². The number of ether oxygens (including phenoxy) is 1. The third-order valence-electron chi connectivity index (χ3n) is 2.77. The van der Waals surface area contributed by atoms with Crippen LogP contribution in [-0.4, -0.2) is 41.2 Å². The van der Waals surface area contributed by atoms with Crippen LogP contribution < -0.4 is 5.32 Å². The number of hydrogen-bond donors (Lipinski definition) is 2. The number of hydrogen-bond acceptors (Lipinski definition) is 4. The van der Waals surface area contributed by atoms with E-state index in [0.29, 0.717) is 13.2 Å². The predicted octanol–water partition coefficient (Wildman–Crippen LogP) is 0.689. The second-order valence-electron chi connectivity index (χ2n) is 4.05. The molecule has 0 saturated carbocycles. The number of nitrogens with one attached hydrogen (secondary N) is 1. The Balaban J connectivity index is 2.01. The Morgan fingerprint density at radius 2 is 2.39 bits per heavy atom. The number of nitrogens with zero attached hydrogens (tertiary/aromatic N) is 1. The van der Waals surface area contributed by atoms with Crippen LogP contribution in [0.15, 0.2) is 18.3 Å². The Labute approximate surface area is 104 Å². The normalized spacial score (nSPS) is 18.6. The number of pyridine rings is 1. The van der Waals surface area contributed by atoms with E-state index in [2.05, 4.69) is 10.3 Å². The summed E-state index contributed by atoms with van der Waals surface area (Å²) in [4.78, 5) is 26.6. The van der Waals surface area contributed by atoms with Crippen LogP contribution >= 0.6 is 0 Å². The maximum atomic E-state index is 11.8. The summed E-state index contributed by atoms with van der Waals surface area (Å²) in [6.45, 7) is 1.10. The number of carbonyl (C=O) groups excluding carboxylic acids is 1. The molecule has 1 aromatic heterocycles. The zero-order valence-electron chi connectivity index (χ0n) is 9.76. The second-order valence-corrected chi connectivity index (χ2v) is 4.05. The summed E-state index contributed by atoms with van der Waals surface area (Å²) in [5.41, 5.74) is -0.162. The Hall–Kier alpha value is -1.95. The van der Waals surface area contributed by atoms with Crippen LogP contribution in [0.3, 0.4) is 0 Å². The fourth-order valence-corrected chi connectivity index (χ4v) is 1.85. The Morgan fingerprint density at radius 3 is 3.06 bits per heavy atom. The Kier molecular flexibility index (Phi) is 3.88. The van der Waals surface area contributed by atoms with Gasteiger partial charge in [-0.05, 0) is 25.0 Å². The summed E-state index contributed by atoms with van der Waals surface area (Å²) in [7, 11) is 0. The van der Waals surface area contributed by atoms with Crippen molar-refractivity contribution in [2.24, 2.45) is 0 Å². The minimum absolute atomic E-state index is 0.0194. The van der Waals surface area contributed by atoms with Gasteiger partial charge in [0.1, 0.15) is 5.69 Å². The SMILES string of the molecule is O=C(O)c1cccnc1C(=O)NCC1CCCO1. The number of aromatic nitrogens is 1. The van der Waals surface area contributed by atoms with Crippen molar-refractivity contribution in [2.45, 2.75) is 18.9 Å². The lowest BCUT2D eigenvalue weighted by molar-refractivity contribution is 0.0688. The van der Waals surface area contributed by atoms with Crippen molar-refractivity contribution < 1.29 is 19.4 Å².